The summed E-state index contributed by atoms with van der Waals surface area (Å²) in [5.74, 6) is 3.45. The van der Waals surface area contributed by atoms with Gasteiger partial charge in [0.15, 0.2) is 11.0 Å². The summed E-state index contributed by atoms with van der Waals surface area (Å²) in [4.78, 5) is 0. The third-order valence-electron chi connectivity index (χ3n) is 4.15. The van der Waals surface area contributed by atoms with Gasteiger partial charge in [0.2, 0.25) is 0 Å². The molecular formula is C20H23N3O2S. The Morgan fingerprint density at radius 1 is 1.00 bits per heavy atom. The number of para-hydroxylation sites is 1. The molecule has 6 heteroatoms. The van der Waals surface area contributed by atoms with Crippen LogP contribution in [0.1, 0.15) is 11.1 Å². The van der Waals surface area contributed by atoms with Crippen LogP contribution in [0.2, 0.25) is 0 Å². The van der Waals surface area contributed by atoms with E-state index in [1.807, 2.05) is 41.9 Å². The fourth-order valence-corrected chi connectivity index (χ4v) is 3.46. The van der Waals surface area contributed by atoms with Gasteiger partial charge in [-0.25, -0.2) is 0 Å². The normalized spacial score (nSPS) is 10.8. The first-order valence-corrected chi connectivity index (χ1v) is 9.44. The van der Waals surface area contributed by atoms with Crippen LogP contribution in [-0.2, 0) is 7.05 Å². The predicted octanol–water partition coefficient (Wildman–Crippen LogP) is 4.28. The van der Waals surface area contributed by atoms with E-state index in [0.29, 0.717) is 6.61 Å². The summed E-state index contributed by atoms with van der Waals surface area (Å²) < 4.78 is 13.2. The van der Waals surface area contributed by atoms with Crippen molar-refractivity contribution in [3.05, 3.63) is 53.6 Å². The van der Waals surface area contributed by atoms with E-state index in [-0.39, 0.29) is 0 Å². The number of aryl methyl sites for hydroxylation is 2. The van der Waals surface area contributed by atoms with Crippen LogP contribution in [0.3, 0.4) is 0 Å². The summed E-state index contributed by atoms with van der Waals surface area (Å²) in [6.45, 7) is 4.76. The van der Waals surface area contributed by atoms with Crippen molar-refractivity contribution in [1.29, 1.82) is 0 Å². The van der Waals surface area contributed by atoms with Gasteiger partial charge in [-0.1, -0.05) is 30.0 Å². The standard InChI is InChI=1S/C20H23N3O2S/c1-14-6-5-7-15(2)18(14)25-12-13-26-20-22-21-19(23(20)3)16-8-10-17(24-4)11-9-16/h5-11H,12-13H2,1-4H3. The first-order chi connectivity index (χ1) is 12.6. The SMILES string of the molecule is COc1ccc(-c2nnc(SCCOc3c(C)cccc3C)n2C)cc1. The number of hydrogen-bond acceptors (Lipinski definition) is 5. The number of rotatable bonds is 7. The van der Waals surface area contributed by atoms with E-state index < -0.39 is 0 Å². The van der Waals surface area contributed by atoms with E-state index in [0.717, 1.165) is 44.9 Å². The molecule has 0 aliphatic rings. The maximum atomic E-state index is 5.95. The lowest BCUT2D eigenvalue weighted by Crippen LogP contribution is -2.04. The second-order valence-corrected chi connectivity index (χ2v) is 7.07. The number of ether oxygens (including phenoxy) is 2. The number of benzene rings is 2. The monoisotopic (exact) mass is 369 g/mol. The Balaban J connectivity index is 1.60. The third-order valence-corrected chi connectivity index (χ3v) is 5.14. The Bertz CT molecular complexity index is 855. The molecule has 26 heavy (non-hydrogen) atoms. The van der Waals surface area contributed by atoms with Gasteiger partial charge < -0.3 is 14.0 Å². The molecule has 1 heterocycles. The zero-order valence-electron chi connectivity index (χ0n) is 15.5. The summed E-state index contributed by atoms with van der Waals surface area (Å²) in [5.41, 5.74) is 3.34. The molecule has 136 valence electrons. The molecule has 3 rings (SSSR count). The quantitative estimate of drug-likeness (QED) is 0.460. The fraction of sp³-hybridized carbons (Fsp3) is 0.300. The maximum absolute atomic E-state index is 5.95. The minimum atomic E-state index is 0.626. The summed E-state index contributed by atoms with van der Waals surface area (Å²) >= 11 is 1.64. The molecule has 0 bridgehead atoms. The molecule has 1 aromatic heterocycles. The summed E-state index contributed by atoms with van der Waals surface area (Å²) in [7, 11) is 3.64. The van der Waals surface area contributed by atoms with Crippen LogP contribution >= 0.6 is 11.8 Å². The Labute approximate surface area is 158 Å². The molecule has 0 radical (unpaired) electrons. The second-order valence-electron chi connectivity index (χ2n) is 6.01. The average Bonchev–Trinajstić information content (AvgIpc) is 3.01. The van der Waals surface area contributed by atoms with E-state index in [9.17, 15) is 0 Å². The van der Waals surface area contributed by atoms with Gasteiger partial charge in [-0.05, 0) is 49.2 Å². The van der Waals surface area contributed by atoms with Crippen LogP contribution in [0.5, 0.6) is 11.5 Å². The molecule has 0 aliphatic carbocycles. The van der Waals surface area contributed by atoms with E-state index >= 15 is 0 Å². The molecule has 2 aromatic carbocycles. The average molecular weight is 369 g/mol. The van der Waals surface area contributed by atoms with E-state index in [1.54, 1.807) is 18.9 Å². The Morgan fingerprint density at radius 3 is 2.35 bits per heavy atom. The Hall–Kier alpha value is -2.47. The van der Waals surface area contributed by atoms with Crippen LogP contribution in [0.25, 0.3) is 11.4 Å². The largest absolute Gasteiger partial charge is 0.497 e. The van der Waals surface area contributed by atoms with Crippen molar-refractivity contribution in [2.75, 3.05) is 19.5 Å². The van der Waals surface area contributed by atoms with Crippen molar-refractivity contribution < 1.29 is 9.47 Å². The van der Waals surface area contributed by atoms with Crippen molar-refractivity contribution in [3.8, 4) is 22.9 Å². The van der Waals surface area contributed by atoms with Crippen LogP contribution in [0, 0.1) is 13.8 Å². The van der Waals surface area contributed by atoms with Gasteiger partial charge in [0.1, 0.15) is 11.5 Å². The highest BCUT2D eigenvalue weighted by atomic mass is 32.2. The first kappa shape index (κ1) is 18.3. The van der Waals surface area contributed by atoms with Crippen molar-refractivity contribution in [1.82, 2.24) is 14.8 Å². The van der Waals surface area contributed by atoms with Crippen LogP contribution in [0.15, 0.2) is 47.6 Å². The molecule has 0 aliphatic heterocycles. The highest BCUT2D eigenvalue weighted by Crippen LogP contribution is 2.25. The number of aromatic nitrogens is 3. The summed E-state index contributed by atoms with van der Waals surface area (Å²) in [5, 5.41) is 9.50. The predicted molar refractivity (Wildman–Crippen MR) is 105 cm³/mol. The van der Waals surface area contributed by atoms with E-state index in [1.165, 1.54) is 0 Å². The molecule has 0 fully saturated rings. The van der Waals surface area contributed by atoms with Gasteiger partial charge in [-0.15, -0.1) is 10.2 Å². The van der Waals surface area contributed by atoms with E-state index in [2.05, 4.69) is 36.2 Å². The molecule has 0 amide bonds. The minimum Gasteiger partial charge on any atom is -0.497 e. The Kier molecular flexibility index (Phi) is 5.83. The van der Waals surface area contributed by atoms with Gasteiger partial charge in [-0.2, -0.15) is 0 Å². The van der Waals surface area contributed by atoms with Crippen LogP contribution in [-0.4, -0.2) is 34.2 Å². The second kappa shape index (κ2) is 8.27. The lowest BCUT2D eigenvalue weighted by atomic mass is 10.1. The Morgan fingerprint density at radius 2 is 1.69 bits per heavy atom. The topological polar surface area (TPSA) is 49.2 Å². The fourth-order valence-electron chi connectivity index (χ4n) is 2.74. The molecule has 0 saturated heterocycles. The lowest BCUT2D eigenvalue weighted by Gasteiger charge is -2.11. The first-order valence-electron chi connectivity index (χ1n) is 8.45. The lowest BCUT2D eigenvalue weighted by molar-refractivity contribution is 0.339. The van der Waals surface area contributed by atoms with Crippen molar-refractivity contribution in [2.24, 2.45) is 7.05 Å². The van der Waals surface area contributed by atoms with Crippen molar-refractivity contribution in [2.45, 2.75) is 19.0 Å². The molecule has 0 spiro atoms. The van der Waals surface area contributed by atoms with Crippen molar-refractivity contribution >= 4 is 11.8 Å². The van der Waals surface area contributed by atoms with Gasteiger partial charge in [0.25, 0.3) is 0 Å². The molecule has 3 aromatic rings. The van der Waals surface area contributed by atoms with Gasteiger partial charge >= 0.3 is 0 Å². The smallest absolute Gasteiger partial charge is 0.191 e. The molecular weight excluding hydrogens is 346 g/mol. The zero-order valence-corrected chi connectivity index (χ0v) is 16.3. The summed E-state index contributed by atoms with van der Waals surface area (Å²) in [6.07, 6.45) is 0. The third kappa shape index (κ3) is 4.02. The highest BCUT2D eigenvalue weighted by Gasteiger charge is 2.11. The molecule has 0 N–H and O–H groups in total. The van der Waals surface area contributed by atoms with E-state index in [4.69, 9.17) is 9.47 Å². The number of nitrogens with zero attached hydrogens (tertiary/aromatic N) is 3. The molecule has 0 unspecified atom stereocenters. The number of thioether (sulfide) groups is 1. The molecule has 0 atom stereocenters. The molecule has 0 saturated carbocycles. The maximum Gasteiger partial charge on any atom is 0.191 e. The number of hydrogen-bond donors (Lipinski definition) is 0. The van der Waals surface area contributed by atoms with Crippen LogP contribution in [0.4, 0.5) is 0 Å². The number of methoxy groups -OCH3 is 1. The zero-order chi connectivity index (χ0) is 18.5. The summed E-state index contributed by atoms with van der Waals surface area (Å²) in [6, 6.07) is 14.0. The van der Waals surface area contributed by atoms with Crippen LogP contribution < -0.4 is 9.47 Å². The van der Waals surface area contributed by atoms with Crippen molar-refractivity contribution in [3.63, 3.8) is 0 Å². The highest BCUT2D eigenvalue weighted by molar-refractivity contribution is 7.99. The minimum absolute atomic E-state index is 0.626. The van der Waals surface area contributed by atoms with Gasteiger partial charge in [-0.3, -0.25) is 0 Å². The molecule has 5 nitrogen and oxygen atoms in total. The van der Waals surface area contributed by atoms with Gasteiger partial charge in [0, 0.05) is 18.4 Å². The van der Waals surface area contributed by atoms with Gasteiger partial charge in [0.05, 0.1) is 13.7 Å².